The van der Waals surface area contributed by atoms with E-state index in [0.29, 0.717) is 4.90 Å². The summed E-state index contributed by atoms with van der Waals surface area (Å²) in [6.45, 7) is -0.171. The van der Waals surface area contributed by atoms with Gasteiger partial charge in [0, 0.05) is 19.7 Å². The molecule has 8 heteroatoms. The molecule has 0 N–H and O–H groups in total. The standard InChI is InChI=1S/C8H10F5NO2/c9-7(10,8(11,12)13)6(15)14-2-1-4-16-5-3-14/h1-5H2. The summed E-state index contributed by atoms with van der Waals surface area (Å²) in [5.74, 6) is -7.53. The van der Waals surface area contributed by atoms with Crippen LogP contribution in [0.15, 0.2) is 0 Å². The van der Waals surface area contributed by atoms with Gasteiger partial charge in [-0.15, -0.1) is 0 Å². The van der Waals surface area contributed by atoms with Crippen LogP contribution in [0, 0.1) is 0 Å². The molecule has 0 saturated carbocycles. The van der Waals surface area contributed by atoms with Gasteiger partial charge in [-0.3, -0.25) is 4.79 Å². The van der Waals surface area contributed by atoms with Gasteiger partial charge in [0.1, 0.15) is 0 Å². The fraction of sp³-hybridized carbons (Fsp3) is 0.875. The molecular weight excluding hydrogens is 237 g/mol. The number of carbonyl (C=O) groups is 1. The van der Waals surface area contributed by atoms with Crippen LogP contribution in [-0.2, 0) is 9.53 Å². The average Bonchev–Trinajstić information content (AvgIpc) is 2.42. The lowest BCUT2D eigenvalue weighted by Gasteiger charge is -2.26. The van der Waals surface area contributed by atoms with E-state index >= 15 is 0 Å². The van der Waals surface area contributed by atoms with Crippen molar-refractivity contribution in [3.63, 3.8) is 0 Å². The third kappa shape index (κ3) is 2.60. The van der Waals surface area contributed by atoms with Crippen LogP contribution in [-0.4, -0.2) is 49.2 Å². The van der Waals surface area contributed by atoms with Gasteiger partial charge in [0.2, 0.25) is 0 Å². The first-order chi connectivity index (χ1) is 7.27. The van der Waals surface area contributed by atoms with Crippen molar-refractivity contribution < 1.29 is 31.5 Å². The number of hydrogen-bond acceptors (Lipinski definition) is 2. The van der Waals surface area contributed by atoms with Gasteiger partial charge in [0.15, 0.2) is 0 Å². The Balaban J connectivity index is 2.75. The second kappa shape index (κ2) is 4.52. The Kier molecular flexibility index (Phi) is 3.72. The molecule has 0 aromatic heterocycles. The minimum Gasteiger partial charge on any atom is -0.380 e. The zero-order valence-corrected chi connectivity index (χ0v) is 8.19. The van der Waals surface area contributed by atoms with Crippen LogP contribution in [0.5, 0.6) is 0 Å². The highest BCUT2D eigenvalue weighted by Crippen LogP contribution is 2.36. The smallest absolute Gasteiger partial charge is 0.380 e. The molecule has 94 valence electrons. The molecule has 1 aliphatic rings. The summed E-state index contributed by atoms with van der Waals surface area (Å²) in [7, 11) is 0. The number of halogens is 5. The minimum absolute atomic E-state index is 0.0281. The summed E-state index contributed by atoms with van der Waals surface area (Å²) in [5, 5.41) is 0. The molecule has 1 heterocycles. The Morgan fingerprint density at radius 3 is 2.25 bits per heavy atom. The fourth-order valence-electron chi connectivity index (χ4n) is 1.27. The van der Waals surface area contributed by atoms with Crippen LogP contribution < -0.4 is 0 Å². The molecular formula is C8H10F5NO2. The summed E-state index contributed by atoms with van der Waals surface area (Å²) in [6, 6.07) is 0. The third-order valence-electron chi connectivity index (χ3n) is 2.13. The molecule has 0 aromatic carbocycles. The van der Waals surface area contributed by atoms with Gasteiger partial charge in [-0.05, 0) is 6.42 Å². The van der Waals surface area contributed by atoms with Crippen molar-refractivity contribution in [2.24, 2.45) is 0 Å². The van der Waals surface area contributed by atoms with Crippen molar-refractivity contribution in [1.29, 1.82) is 0 Å². The van der Waals surface area contributed by atoms with Gasteiger partial charge in [-0.1, -0.05) is 0 Å². The molecule has 3 nitrogen and oxygen atoms in total. The monoisotopic (exact) mass is 247 g/mol. The van der Waals surface area contributed by atoms with E-state index in [1.54, 1.807) is 0 Å². The fourth-order valence-corrected chi connectivity index (χ4v) is 1.27. The number of nitrogens with zero attached hydrogens (tertiary/aromatic N) is 1. The number of alkyl halides is 5. The molecule has 1 rings (SSSR count). The van der Waals surface area contributed by atoms with E-state index in [1.807, 2.05) is 0 Å². The zero-order chi connectivity index (χ0) is 12.4. The molecule has 1 saturated heterocycles. The largest absolute Gasteiger partial charge is 0.463 e. The van der Waals surface area contributed by atoms with Crippen LogP contribution >= 0.6 is 0 Å². The van der Waals surface area contributed by atoms with Crippen molar-refractivity contribution in [1.82, 2.24) is 4.90 Å². The van der Waals surface area contributed by atoms with Gasteiger partial charge in [0.05, 0.1) is 6.61 Å². The van der Waals surface area contributed by atoms with E-state index in [1.165, 1.54) is 0 Å². The minimum atomic E-state index is -5.85. The third-order valence-corrected chi connectivity index (χ3v) is 2.13. The van der Waals surface area contributed by atoms with Crippen LogP contribution in [0.3, 0.4) is 0 Å². The number of carbonyl (C=O) groups excluding carboxylic acids is 1. The molecule has 0 aromatic rings. The van der Waals surface area contributed by atoms with Crippen LogP contribution in [0.2, 0.25) is 0 Å². The second-order valence-corrected chi connectivity index (χ2v) is 3.33. The van der Waals surface area contributed by atoms with Crippen LogP contribution in [0.4, 0.5) is 22.0 Å². The Morgan fingerprint density at radius 2 is 1.69 bits per heavy atom. The molecule has 0 aliphatic carbocycles. The first kappa shape index (κ1) is 13.1. The van der Waals surface area contributed by atoms with E-state index < -0.39 is 18.0 Å². The predicted molar refractivity (Wildman–Crippen MR) is 43.0 cm³/mol. The Bertz CT molecular complexity index is 258. The molecule has 1 fully saturated rings. The van der Waals surface area contributed by atoms with Gasteiger partial charge < -0.3 is 9.64 Å². The van der Waals surface area contributed by atoms with E-state index in [-0.39, 0.29) is 32.7 Å². The molecule has 0 spiro atoms. The summed E-state index contributed by atoms with van der Waals surface area (Å²) in [6.07, 6.45) is -5.60. The average molecular weight is 247 g/mol. The normalized spacial score (nSPS) is 19.4. The molecule has 0 unspecified atom stereocenters. The highest BCUT2D eigenvalue weighted by Gasteiger charge is 2.64. The number of hydrogen-bond donors (Lipinski definition) is 0. The summed E-state index contributed by atoms with van der Waals surface area (Å²) >= 11 is 0. The first-order valence-electron chi connectivity index (χ1n) is 4.58. The highest BCUT2D eigenvalue weighted by molar-refractivity contribution is 5.84. The van der Waals surface area contributed by atoms with Crippen molar-refractivity contribution in [3.05, 3.63) is 0 Å². The first-order valence-corrected chi connectivity index (χ1v) is 4.58. The van der Waals surface area contributed by atoms with Gasteiger partial charge >= 0.3 is 18.0 Å². The molecule has 16 heavy (non-hydrogen) atoms. The maximum absolute atomic E-state index is 12.7. The lowest BCUT2D eigenvalue weighted by molar-refractivity contribution is -0.274. The Labute approximate surface area is 88.2 Å². The number of rotatable bonds is 1. The highest BCUT2D eigenvalue weighted by atomic mass is 19.4. The Morgan fingerprint density at radius 1 is 1.06 bits per heavy atom. The molecule has 1 aliphatic heterocycles. The van der Waals surface area contributed by atoms with Crippen molar-refractivity contribution in [2.75, 3.05) is 26.3 Å². The van der Waals surface area contributed by atoms with Crippen molar-refractivity contribution in [2.45, 2.75) is 18.5 Å². The van der Waals surface area contributed by atoms with Gasteiger partial charge in [-0.25, -0.2) is 0 Å². The zero-order valence-electron chi connectivity index (χ0n) is 8.19. The van der Waals surface area contributed by atoms with Crippen molar-refractivity contribution >= 4 is 5.91 Å². The van der Waals surface area contributed by atoms with Gasteiger partial charge in [-0.2, -0.15) is 22.0 Å². The Hall–Kier alpha value is -0.920. The maximum atomic E-state index is 12.7. The number of ether oxygens (including phenoxy) is 1. The summed E-state index contributed by atoms with van der Waals surface area (Å²) in [5.41, 5.74) is 0. The van der Waals surface area contributed by atoms with Gasteiger partial charge in [0.25, 0.3) is 0 Å². The van der Waals surface area contributed by atoms with Crippen molar-refractivity contribution in [3.8, 4) is 0 Å². The molecule has 0 bridgehead atoms. The maximum Gasteiger partial charge on any atom is 0.463 e. The SMILES string of the molecule is O=C(N1CCCOCC1)C(F)(F)C(F)(F)F. The summed E-state index contributed by atoms with van der Waals surface area (Å²) < 4.78 is 66.0. The molecule has 1 amide bonds. The van der Waals surface area contributed by atoms with E-state index in [2.05, 4.69) is 0 Å². The van der Waals surface area contributed by atoms with E-state index in [9.17, 15) is 26.7 Å². The second-order valence-electron chi connectivity index (χ2n) is 3.33. The molecule has 0 radical (unpaired) electrons. The topological polar surface area (TPSA) is 29.5 Å². The van der Waals surface area contributed by atoms with Crippen LogP contribution in [0.25, 0.3) is 0 Å². The predicted octanol–water partition coefficient (Wildman–Crippen LogP) is 1.43. The van der Waals surface area contributed by atoms with E-state index in [4.69, 9.17) is 4.74 Å². The van der Waals surface area contributed by atoms with E-state index in [0.717, 1.165) is 0 Å². The summed E-state index contributed by atoms with van der Waals surface area (Å²) in [4.78, 5) is 11.5. The number of amides is 1. The molecule has 0 atom stereocenters. The quantitative estimate of drug-likeness (QED) is 0.656. The lowest BCUT2D eigenvalue weighted by atomic mass is 10.2. The lowest BCUT2D eigenvalue weighted by Crippen LogP contribution is -2.52. The van der Waals surface area contributed by atoms with Crippen LogP contribution in [0.1, 0.15) is 6.42 Å².